The number of aromatic nitrogens is 1. The summed E-state index contributed by atoms with van der Waals surface area (Å²) in [5.41, 5.74) is 1.95. The Morgan fingerprint density at radius 2 is 2.33 bits per heavy atom. The number of nitrogens with zero attached hydrogens (tertiary/aromatic N) is 2. The summed E-state index contributed by atoms with van der Waals surface area (Å²) < 4.78 is 0. The van der Waals surface area contributed by atoms with Crippen molar-refractivity contribution in [2.24, 2.45) is 5.84 Å². The number of hydrazine groups is 1. The maximum Gasteiger partial charge on any atom is 0.313 e. The predicted octanol–water partition coefficient (Wildman–Crippen LogP) is 0.929. The van der Waals surface area contributed by atoms with E-state index in [1.165, 1.54) is 6.20 Å². The second kappa shape index (κ2) is 3.33. The van der Waals surface area contributed by atoms with E-state index in [0.717, 1.165) is 6.20 Å². The van der Waals surface area contributed by atoms with Crippen LogP contribution >= 0.6 is 11.6 Å². The number of pyridine rings is 1. The van der Waals surface area contributed by atoms with E-state index < -0.39 is 4.92 Å². The van der Waals surface area contributed by atoms with Gasteiger partial charge in [-0.15, -0.1) is 0 Å². The van der Waals surface area contributed by atoms with Gasteiger partial charge in [-0.05, 0) is 0 Å². The fourth-order valence-electron chi connectivity index (χ4n) is 0.706. The van der Waals surface area contributed by atoms with Crippen LogP contribution in [0.25, 0.3) is 0 Å². The van der Waals surface area contributed by atoms with Crippen molar-refractivity contribution in [3.05, 3.63) is 27.5 Å². The first-order chi connectivity index (χ1) is 5.66. The lowest BCUT2D eigenvalue weighted by Gasteiger charge is -2.01. The van der Waals surface area contributed by atoms with Crippen LogP contribution in [0.1, 0.15) is 0 Å². The quantitative estimate of drug-likeness (QED) is 0.409. The Kier molecular flexibility index (Phi) is 2.41. The van der Waals surface area contributed by atoms with Gasteiger partial charge in [-0.2, -0.15) is 0 Å². The van der Waals surface area contributed by atoms with Gasteiger partial charge in [0.15, 0.2) is 0 Å². The maximum absolute atomic E-state index is 10.3. The molecular formula is C5H5ClN4O2. The average molecular weight is 189 g/mol. The van der Waals surface area contributed by atoms with E-state index in [1.54, 1.807) is 0 Å². The molecular weight excluding hydrogens is 184 g/mol. The molecule has 0 aliphatic heterocycles. The highest BCUT2D eigenvalue weighted by molar-refractivity contribution is 6.33. The molecule has 0 saturated carbocycles. The van der Waals surface area contributed by atoms with E-state index >= 15 is 0 Å². The molecule has 12 heavy (non-hydrogen) atoms. The van der Waals surface area contributed by atoms with Gasteiger partial charge in [0.05, 0.1) is 9.95 Å². The lowest BCUT2D eigenvalue weighted by Crippen LogP contribution is -2.09. The van der Waals surface area contributed by atoms with Crippen LogP contribution in [-0.2, 0) is 0 Å². The van der Waals surface area contributed by atoms with Crippen LogP contribution in [0.3, 0.4) is 0 Å². The van der Waals surface area contributed by atoms with Gasteiger partial charge in [0, 0.05) is 6.20 Å². The van der Waals surface area contributed by atoms with Crippen molar-refractivity contribution in [3.63, 3.8) is 0 Å². The zero-order chi connectivity index (χ0) is 9.14. The van der Waals surface area contributed by atoms with Crippen LogP contribution in [0.4, 0.5) is 11.4 Å². The zero-order valence-corrected chi connectivity index (χ0v) is 6.58. The smallest absolute Gasteiger partial charge is 0.313 e. The van der Waals surface area contributed by atoms with E-state index in [0.29, 0.717) is 0 Å². The molecule has 7 heteroatoms. The average Bonchev–Trinajstić information content (AvgIpc) is 2.03. The molecule has 1 rings (SSSR count). The first-order valence-electron chi connectivity index (χ1n) is 2.91. The lowest BCUT2D eigenvalue weighted by molar-refractivity contribution is -0.384. The van der Waals surface area contributed by atoms with Crippen molar-refractivity contribution in [2.45, 2.75) is 0 Å². The van der Waals surface area contributed by atoms with Crippen LogP contribution in [0.15, 0.2) is 12.4 Å². The fourth-order valence-corrected chi connectivity index (χ4v) is 0.914. The van der Waals surface area contributed by atoms with Crippen molar-refractivity contribution in [2.75, 3.05) is 5.43 Å². The van der Waals surface area contributed by atoms with Crippen molar-refractivity contribution in [3.8, 4) is 0 Å². The molecule has 0 bridgehead atoms. The number of nitrogens with two attached hydrogens (primary N) is 1. The largest absolute Gasteiger partial charge is 0.317 e. The summed E-state index contributed by atoms with van der Waals surface area (Å²) in [5, 5.41) is 10.5. The molecule has 0 spiro atoms. The monoisotopic (exact) mass is 188 g/mol. The topological polar surface area (TPSA) is 94.1 Å². The number of nitro groups is 1. The highest BCUT2D eigenvalue weighted by Crippen LogP contribution is 2.29. The summed E-state index contributed by atoms with van der Waals surface area (Å²) in [5.74, 6) is 5.02. The fraction of sp³-hybridized carbons (Fsp3) is 0. The maximum atomic E-state index is 10.3. The molecule has 6 nitrogen and oxygen atoms in total. The van der Waals surface area contributed by atoms with Crippen molar-refractivity contribution >= 4 is 23.0 Å². The van der Waals surface area contributed by atoms with Gasteiger partial charge in [0.1, 0.15) is 11.9 Å². The SMILES string of the molecule is NNc1c(Cl)cncc1[N+](=O)[O-]. The minimum atomic E-state index is -0.617. The van der Waals surface area contributed by atoms with E-state index in [9.17, 15) is 10.1 Å². The van der Waals surface area contributed by atoms with Crippen LogP contribution in [0.5, 0.6) is 0 Å². The third kappa shape index (κ3) is 1.44. The summed E-state index contributed by atoms with van der Waals surface area (Å²) >= 11 is 5.56. The summed E-state index contributed by atoms with van der Waals surface area (Å²) in [6, 6.07) is 0. The molecule has 1 aromatic heterocycles. The molecule has 0 saturated heterocycles. The summed E-state index contributed by atoms with van der Waals surface area (Å²) in [7, 11) is 0. The Hall–Kier alpha value is -1.40. The Morgan fingerprint density at radius 1 is 1.67 bits per heavy atom. The number of hydrogen-bond acceptors (Lipinski definition) is 5. The Bertz CT molecular complexity index is 316. The summed E-state index contributed by atoms with van der Waals surface area (Å²) in [6.45, 7) is 0. The minimum absolute atomic E-state index is 0.0664. The van der Waals surface area contributed by atoms with Gasteiger partial charge in [-0.25, -0.2) is 0 Å². The third-order valence-electron chi connectivity index (χ3n) is 1.22. The highest BCUT2D eigenvalue weighted by Gasteiger charge is 2.15. The molecule has 64 valence electrons. The van der Waals surface area contributed by atoms with Crippen LogP contribution in [0, 0.1) is 10.1 Å². The Labute approximate surface area is 72.5 Å². The molecule has 1 aromatic rings. The molecule has 3 N–H and O–H groups in total. The first kappa shape index (κ1) is 8.69. The first-order valence-corrected chi connectivity index (χ1v) is 3.29. The molecule has 0 unspecified atom stereocenters. The van der Waals surface area contributed by atoms with E-state index in [4.69, 9.17) is 17.4 Å². The number of nitrogen functional groups attached to an aromatic ring is 1. The Morgan fingerprint density at radius 3 is 2.75 bits per heavy atom. The molecule has 1 heterocycles. The van der Waals surface area contributed by atoms with Crippen LogP contribution in [0.2, 0.25) is 5.02 Å². The van der Waals surface area contributed by atoms with Gasteiger partial charge < -0.3 is 5.43 Å². The Balaban J connectivity index is 3.27. The van der Waals surface area contributed by atoms with Gasteiger partial charge in [0.25, 0.3) is 0 Å². The van der Waals surface area contributed by atoms with Crippen molar-refractivity contribution in [1.82, 2.24) is 4.98 Å². The van der Waals surface area contributed by atoms with Gasteiger partial charge in [-0.3, -0.25) is 20.9 Å². The second-order valence-electron chi connectivity index (χ2n) is 1.92. The molecule has 0 atom stereocenters. The summed E-state index contributed by atoms with van der Waals surface area (Å²) in [4.78, 5) is 13.3. The van der Waals surface area contributed by atoms with E-state index in [1.807, 2.05) is 0 Å². The lowest BCUT2D eigenvalue weighted by atomic mass is 10.3. The van der Waals surface area contributed by atoms with Crippen LogP contribution < -0.4 is 11.3 Å². The van der Waals surface area contributed by atoms with Crippen molar-refractivity contribution in [1.29, 1.82) is 0 Å². The molecule has 0 fully saturated rings. The molecule has 0 aromatic carbocycles. The highest BCUT2D eigenvalue weighted by atomic mass is 35.5. The molecule has 0 aliphatic carbocycles. The number of anilines is 1. The molecule has 0 radical (unpaired) electrons. The van der Waals surface area contributed by atoms with E-state index in [-0.39, 0.29) is 16.4 Å². The summed E-state index contributed by atoms with van der Waals surface area (Å²) in [6.07, 6.45) is 2.34. The third-order valence-corrected chi connectivity index (χ3v) is 1.51. The number of nitrogens with one attached hydrogen (secondary N) is 1. The second-order valence-corrected chi connectivity index (χ2v) is 2.32. The number of hydrogen-bond donors (Lipinski definition) is 2. The molecule has 0 amide bonds. The standard InChI is InChI=1S/C5H5ClN4O2/c6-3-1-8-2-4(10(11)12)5(3)9-7/h1-2H,7H2,(H,8,9). The number of rotatable bonds is 2. The van der Waals surface area contributed by atoms with Gasteiger partial charge in [0.2, 0.25) is 0 Å². The zero-order valence-electron chi connectivity index (χ0n) is 5.82. The van der Waals surface area contributed by atoms with Gasteiger partial charge in [-0.1, -0.05) is 11.6 Å². The normalized spacial score (nSPS) is 9.50. The van der Waals surface area contributed by atoms with Crippen molar-refractivity contribution < 1.29 is 4.92 Å². The van der Waals surface area contributed by atoms with E-state index in [2.05, 4.69) is 10.4 Å². The minimum Gasteiger partial charge on any atom is -0.317 e. The predicted molar refractivity (Wildman–Crippen MR) is 43.7 cm³/mol. The number of halogens is 1. The van der Waals surface area contributed by atoms with Crippen LogP contribution in [-0.4, -0.2) is 9.91 Å². The molecule has 0 aliphatic rings. The van der Waals surface area contributed by atoms with Gasteiger partial charge >= 0.3 is 5.69 Å².